The first kappa shape index (κ1) is 28.6. The molecule has 0 amide bonds. The number of para-hydroxylation sites is 1. The van der Waals surface area contributed by atoms with E-state index >= 15 is 0 Å². The summed E-state index contributed by atoms with van der Waals surface area (Å²) in [5.74, 6) is 3.39. The molecule has 248 valence electrons. The highest BCUT2D eigenvalue weighted by atomic mass is 16.3. The zero-order valence-electron chi connectivity index (χ0n) is 29.3. The minimum Gasteiger partial charge on any atom is -0.456 e. The van der Waals surface area contributed by atoms with Crippen molar-refractivity contribution in [3.63, 3.8) is 0 Å². The summed E-state index contributed by atoms with van der Waals surface area (Å²) < 4.78 is 6.49. The number of anilines is 3. The molecule has 6 aliphatic carbocycles. The molecule has 2 nitrogen and oxygen atoms in total. The highest BCUT2D eigenvalue weighted by molar-refractivity contribution is 6.06. The first-order chi connectivity index (χ1) is 25.0. The van der Waals surface area contributed by atoms with Crippen LogP contribution in [0.4, 0.5) is 17.1 Å². The molecule has 4 fully saturated rings. The highest BCUT2D eigenvalue weighted by Crippen LogP contribution is 2.69. The van der Waals surface area contributed by atoms with E-state index in [9.17, 15) is 0 Å². The van der Waals surface area contributed by atoms with Gasteiger partial charge in [0, 0.05) is 44.7 Å². The number of rotatable bonds is 3. The van der Waals surface area contributed by atoms with Crippen molar-refractivity contribution in [2.75, 3.05) is 4.90 Å². The van der Waals surface area contributed by atoms with Gasteiger partial charge in [0.05, 0.1) is 0 Å². The molecule has 0 unspecified atom stereocenters. The lowest BCUT2D eigenvalue weighted by Crippen LogP contribution is -2.55. The molecule has 7 aromatic rings. The number of fused-ring (bicyclic) bond motifs is 9. The first-order valence-corrected chi connectivity index (χ1v) is 19.2. The Morgan fingerprint density at radius 2 is 1.04 bits per heavy atom. The van der Waals surface area contributed by atoms with Crippen LogP contribution < -0.4 is 4.90 Å². The van der Waals surface area contributed by atoms with Gasteiger partial charge >= 0.3 is 0 Å². The van der Waals surface area contributed by atoms with Crippen LogP contribution in [0.2, 0.25) is 0 Å². The van der Waals surface area contributed by atoms with Gasteiger partial charge in [-0.3, -0.25) is 0 Å². The van der Waals surface area contributed by atoms with Crippen LogP contribution >= 0.6 is 0 Å². The third kappa shape index (κ3) is 3.63. The molecule has 51 heavy (non-hydrogen) atoms. The summed E-state index contributed by atoms with van der Waals surface area (Å²) in [5.41, 5.74) is 17.0. The molecule has 4 saturated carbocycles. The van der Waals surface area contributed by atoms with Crippen LogP contribution in [0.1, 0.15) is 68.2 Å². The average molecular weight is 660 g/mol. The van der Waals surface area contributed by atoms with E-state index in [4.69, 9.17) is 4.42 Å². The Kier molecular flexibility index (Phi) is 5.51. The summed E-state index contributed by atoms with van der Waals surface area (Å²) in [4.78, 5) is 2.48. The van der Waals surface area contributed by atoms with E-state index in [0.717, 1.165) is 51.3 Å². The summed E-state index contributed by atoms with van der Waals surface area (Å²) in [6, 6.07) is 48.3. The smallest absolute Gasteiger partial charge is 0.137 e. The molecule has 0 radical (unpaired) electrons. The van der Waals surface area contributed by atoms with Crippen molar-refractivity contribution in [3.8, 4) is 22.3 Å². The minimum atomic E-state index is -0.0843. The van der Waals surface area contributed by atoms with Crippen molar-refractivity contribution >= 4 is 39.0 Å². The second-order valence-corrected chi connectivity index (χ2v) is 17.0. The van der Waals surface area contributed by atoms with Crippen molar-refractivity contribution in [2.45, 2.75) is 56.8 Å². The second kappa shape index (κ2) is 9.82. The Bertz CT molecular complexity index is 2570. The van der Waals surface area contributed by atoms with E-state index in [2.05, 4.69) is 146 Å². The molecule has 6 aliphatic rings. The van der Waals surface area contributed by atoms with Gasteiger partial charge in [-0.05, 0) is 143 Å². The molecule has 0 aliphatic heterocycles. The lowest BCUT2D eigenvalue weighted by molar-refractivity contribution is -0.0399. The Hall–Kier alpha value is -5.08. The van der Waals surface area contributed by atoms with Crippen LogP contribution in [0.5, 0.6) is 0 Å². The summed E-state index contributed by atoms with van der Waals surface area (Å²) in [6.07, 6.45) is 7.08. The molecule has 1 heterocycles. The minimum absolute atomic E-state index is 0.0843. The third-order valence-electron chi connectivity index (χ3n) is 14.2. The number of nitrogens with zero attached hydrogens (tertiary/aromatic N) is 1. The first-order valence-electron chi connectivity index (χ1n) is 19.2. The van der Waals surface area contributed by atoms with Crippen LogP contribution in [-0.2, 0) is 10.8 Å². The zero-order chi connectivity index (χ0) is 33.6. The molecule has 0 saturated heterocycles. The predicted molar refractivity (Wildman–Crippen MR) is 209 cm³/mol. The molecule has 2 heteroatoms. The number of benzene rings is 6. The zero-order valence-corrected chi connectivity index (χ0v) is 29.3. The molecular weight excluding hydrogens is 619 g/mol. The maximum atomic E-state index is 6.49. The van der Waals surface area contributed by atoms with Crippen LogP contribution in [0.15, 0.2) is 132 Å². The molecule has 1 spiro atoms. The van der Waals surface area contributed by atoms with Gasteiger partial charge in [0.1, 0.15) is 11.2 Å². The van der Waals surface area contributed by atoms with Gasteiger partial charge in [0.15, 0.2) is 0 Å². The van der Waals surface area contributed by atoms with E-state index in [1.165, 1.54) is 76.9 Å². The second-order valence-electron chi connectivity index (χ2n) is 17.0. The molecule has 1 aromatic heterocycles. The lowest BCUT2D eigenvalue weighted by atomic mass is 9.43. The summed E-state index contributed by atoms with van der Waals surface area (Å²) in [5, 5.41) is 2.32. The topological polar surface area (TPSA) is 16.4 Å². The van der Waals surface area contributed by atoms with Crippen LogP contribution in [0.25, 0.3) is 44.2 Å². The number of hydrogen-bond acceptors (Lipinski definition) is 2. The standard InChI is InChI=1S/C49H41NO/c1-48(2)42-12-6-3-9-36(42)38-18-15-34(27-45(38)48)50(35-16-19-40-39-11-5-8-14-46(39)51-47(40)28-35)33-17-20-44-41(26-33)37-10-4-7-13-43(37)49(44)31-22-29-21-30(24-31)25-32(49)23-29/h3-20,26-32H,21-25H2,1-2H3. The predicted octanol–water partition coefficient (Wildman–Crippen LogP) is 13.1. The Balaban J connectivity index is 1.07. The largest absolute Gasteiger partial charge is 0.456 e. The summed E-state index contributed by atoms with van der Waals surface area (Å²) in [7, 11) is 0. The third-order valence-corrected chi connectivity index (χ3v) is 14.2. The van der Waals surface area contributed by atoms with Crippen molar-refractivity contribution in [1.29, 1.82) is 0 Å². The van der Waals surface area contributed by atoms with Gasteiger partial charge in [-0.2, -0.15) is 0 Å². The van der Waals surface area contributed by atoms with Gasteiger partial charge in [-0.25, -0.2) is 0 Å². The Morgan fingerprint density at radius 1 is 0.471 bits per heavy atom. The molecular formula is C49H41NO. The van der Waals surface area contributed by atoms with E-state index in [1.807, 2.05) is 0 Å². The van der Waals surface area contributed by atoms with Crippen molar-refractivity contribution in [1.82, 2.24) is 0 Å². The van der Waals surface area contributed by atoms with Crippen molar-refractivity contribution in [2.24, 2.45) is 23.7 Å². The van der Waals surface area contributed by atoms with Crippen LogP contribution in [0, 0.1) is 23.7 Å². The summed E-state index contributed by atoms with van der Waals surface area (Å²) >= 11 is 0. The molecule has 6 aromatic carbocycles. The van der Waals surface area contributed by atoms with Crippen molar-refractivity contribution in [3.05, 3.63) is 150 Å². The fourth-order valence-electron chi connectivity index (χ4n) is 12.4. The fraction of sp³-hybridized carbons (Fsp3) is 0.265. The fourth-order valence-corrected chi connectivity index (χ4v) is 12.4. The van der Waals surface area contributed by atoms with E-state index in [0.29, 0.717) is 0 Å². The lowest BCUT2D eigenvalue weighted by Gasteiger charge is -2.61. The van der Waals surface area contributed by atoms with Gasteiger partial charge in [-0.15, -0.1) is 0 Å². The highest BCUT2D eigenvalue weighted by Gasteiger charge is 2.61. The van der Waals surface area contributed by atoms with E-state index in [1.54, 1.807) is 11.1 Å². The number of furan rings is 1. The van der Waals surface area contributed by atoms with E-state index in [-0.39, 0.29) is 10.8 Å². The Labute approximate surface area is 299 Å². The Morgan fingerprint density at radius 3 is 1.84 bits per heavy atom. The van der Waals surface area contributed by atoms with Crippen molar-refractivity contribution < 1.29 is 4.42 Å². The van der Waals surface area contributed by atoms with E-state index < -0.39 is 0 Å². The van der Waals surface area contributed by atoms with Gasteiger partial charge in [0.25, 0.3) is 0 Å². The van der Waals surface area contributed by atoms with Crippen LogP contribution in [-0.4, -0.2) is 0 Å². The van der Waals surface area contributed by atoms with Gasteiger partial charge in [0.2, 0.25) is 0 Å². The van der Waals surface area contributed by atoms with Gasteiger partial charge in [-0.1, -0.05) is 92.7 Å². The molecule has 0 atom stereocenters. The molecule has 0 N–H and O–H groups in total. The molecule has 13 rings (SSSR count). The maximum Gasteiger partial charge on any atom is 0.137 e. The molecule has 4 bridgehead atoms. The monoisotopic (exact) mass is 659 g/mol. The van der Waals surface area contributed by atoms with Crippen LogP contribution in [0.3, 0.4) is 0 Å². The quantitative estimate of drug-likeness (QED) is 0.188. The SMILES string of the molecule is CC1(C)c2ccccc2-c2ccc(N(c3ccc4c(c3)-c3ccccc3C43C4CC5CC(C4)CC3C5)c3ccc4c(c3)oc3ccccc34)cc21. The summed E-state index contributed by atoms with van der Waals surface area (Å²) in [6.45, 7) is 4.76. The maximum absolute atomic E-state index is 6.49. The van der Waals surface area contributed by atoms with Gasteiger partial charge < -0.3 is 9.32 Å². The number of hydrogen-bond donors (Lipinski definition) is 0. The average Bonchev–Trinajstić information content (AvgIpc) is 3.74. The normalized spacial score (nSPS) is 25.7.